The van der Waals surface area contributed by atoms with Gasteiger partial charge in [-0.15, -0.1) is 0 Å². The maximum atomic E-state index is 5.17. The Bertz CT molecular complexity index is 608. The van der Waals surface area contributed by atoms with Crippen molar-refractivity contribution in [3.8, 4) is 15.5 Å². The number of hydrogen-bond donors (Lipinski definition) is 0. The van der Waals surface area contributed by atoms with Gasteiger partial charge in [0.2, 0.25) is 0 Å². The van der Waals surface area contributed by atoms with Gasteiger partial charge in [0, 0.05) is 5.56 Å². The molecule has 17 heavy (non-hydrogen) atoms. The second-order valence-electron chi connectivity index (χ2n) is 3.67. The summed E-state index contributed by atoms with van der Waals surface area (Å²) in [6, 6.07) is 16.7. The molecule has 3 aromatic rings. The van der Waals surface area contributed by atoms with E-state index >= 15 is 0 Å². The fourth-order valence-corrected chi connectivity index (χ4v) is 4.18. The van der Waals surface area contributed by atoms with Crippen molar-refractivity contribution in [1.29, 1.82) is 0 Å². The lowest BCUT2D eigenvalue weighted by Crippen LogP contribution is -1.80. The van der Waals surface area contributed by atoms with Crippen LogP contribution in [0.5, 0.6) is 5.75 Å². The number of hydrogen-bond acceptors (Lipinski definition) is 2. The van der Waals surface area contributed by atoms with Gasteiger partial charge in [0.05, 0.1) is 29.8 Å². The summed E-state index contributed by atoms with van der Waals surface area (Å²) in [6.45, 7) is 0. The predicted molar refractivity (Wildman–Crippen MR) is 76.1 cm³/mol. The Labute approximate surface area is 108 Å². The van der Waals surface area contributed by atoms with Crippen molar-refractivity contribution in [3.05, 3.63) is 48.5 Å². The van der Waals surface area contributed by atoms with E-state index in [1.54, 1.807) is 7.11 Å². The molecule has 0 unspecified atom stereocenters. The van der Waals surface area contributed by atoms with E-state index in [4.69, 9.17) is 4.74 Å². The summed E-state index contributed by atoms with van der Waals surface area (Å²) >= 11 is 3.68. The largest absolute Gasteiger partial charge is 0.497 e. The van der Waals surface area contributed by atoms with Gasteiger partial charge in [-0.25, -0.2) is 0 Å². The average Bonchev–Trinajstić information content (AvgIpc) is 2.82. The van der Waals surface area contributed by atoms with E-state index in [1.165, 1.54) is 19.2 Å². The molecule has 3 heteroatoms. The van der Waals surface area contributed by atoms with Crippen LogP contribution in [0.3, 0.4) is 0 Å². The van der Waals surface area contributed by atoms with E-state index in [0.717, 1.165) is 5.75 Å². The molecule has 0 saturated heterocycles. The van der Waals surface area contributed by atoms with E-state index in [9.17, 15) is 0 Å². The lowest BCUT2D eigenvalue weighted by molar-refractivity contribution is 0.415. The first kappa shape index (κ1) is 10.7. The van der Waals surface area contributed by atoms with Crippen LogP contribution in [-0.4, -0.2) is 7.11 Å². The molecule has 0 aliphatic heterocycles. The van der Waals surface area contributed by atoms with Gasteiger partial charge in [-0.3, -0.25) is 0 Å². The Balaban J connectivity index is 2.07. The molecule has 0 bridgehead atoms. The minimum atomic E-state index is 0.903. The van der Waals surface area contributed by atoms with Crippen molar-refractivity contribution in [1.82, 2.24) is 0 Å². The van der Waals surface area contributed by atoms with E-state index in [1.807, 2.05) is 34.8 Å². The summed E-state index contributed by atoms with van der Waals surface area (Å²) in [7, 11) is 1.69. The lowest BCUT2D eigenvalue weighted by atomic mass is 10.2. The maximum absolute atomic E-state index is 5.17. The summed E-state index contributed by atoms with van der Waals surface area (Å²) in [5, 5.41) is 0. The highest BCUT2D eigenvalue weighted by atomic mass is 32.2. The Morgan fingerprint density at radius 3 is 2.47 bits per heavy atom. The fraction of sp³-hybridized carbons (Fsp3) is 0.0714. The van der Waals surface area contributed by atoms with Crippen molar-refractivity contribution in [2.24, 2.45) is 0 Å². The molecule has 1 aromatic heterocycles. The number of methoxy groups -OCH3 is 1. The van der Waals surface area contributed by atoms with Gasteiger partial charge >= 0.3 is 0 Å². The zero-order chi connectivity index (χ0) is 11.7. The molecule has 0 atom stereocenters. The van der Waals surface area contributed by atoms with Crippen molar-refractivity contribution >= 4 is 32.1 Å². The van der Waals surface area contributed by atoms with Crippen LogP contribution >= 0.6 is 22.7 Å². The molecule has 0 N–H and O–H groups in total. The minimum Gasteiger partial charge on any atom is -0.497 e. The third-order valence-corrected chi connectivity index (χ3v) is 5.20. The molecule has 0 aliphatic carbocycles. The van der Waals surface area contributed by atoms with Crippen LogP contribution in [-0.2, 0) is 0 Å². The third kappa shape index (κ3) is 2.04. The number of fused-ring (bicyclic) bond motifs is 1. The Hall–Kier alpha value is -1.45. The van der Waals surface area contributed by atoms with E-state index < -0.39 is 0 Å². The van der Waals surface area contributed by atoms with Crippen LogP contribution in [0.1, 0.15) is 0 Å². The predicted octanol–water partition coefficient (Wildman–Crippen LogP) is 4.92. The highest BCUT2D eigenvalue weighted by molar-refractivity contribution is 7.43. The smallest absolute Gasteiger partial charge is 0.286 e. The van der Waals surface area contributed by atoms with Crippen LogP contribution in [0.2, 0.25) is 0 Å². The standard InChI is InChI=1S/C14H11OS2/c1-15-11-8-6-10(7-9-11)14-16-12-4-2-3-5-13(12)17-14/h2-9H,1H3/q+1. The zero-order valence-electron chi connectivity index (χ0n) is 9.34. The Morgan fingerprint density at radius 2 is 1.76 bits per heavy atom. The summed E-state index contributed by atoms with van der Waals surface area (Å²) < 4.78 is 9.21. The van der Waals surface area contributed by atoms with Gasteiger partial charge in [0.1, 0.15) is 5.75 Å². The van der Waals surface area contributed by atoms with Crippen molar-refractivity contribution in [2.45, 2.75) is 0 Å². The van der Waals surface area contributed by atoms with Gasteiger partial charge < -0.3 is 4.74 Å². The Kier molecular flexibility index (Phi) is 2.79. The highest BCUT2D eigenvalue weighted by Gasteiger charge is 2.16. The minimum absolute atomic E-state index is 0.903. The topological polar surface area (TPSA) is 9.23 Å². The first-order chi connectivity index (χ1) is 8.36. The number of benzene rings is 2. The summed E-state index contributed by atoms with van der Waals surface area (Å²) in [6.07, 6.45) is 0. The number of rotatable bonds is 2. The maximum Gasteiger partial charge on any atom is 0.286 e. The SMILES string of the molecule is COc1ccc(-c2sc3ccccc3[s+]2)cc1. The average molecular weight is 259 g/mol. The van der Waals surface area contributed by atoms with E-state index in [2.05, 4.69) is 36.4 Å². The molecule has 0 radical (unpaired) electrons. The molecule has 0 spiro atoms. The van der Waals surface area contributed by atoms with Crippen molar-refractivity contribution in [2.75, 3.05) is 7.11 Å². The molecule has 2 aromatic carbocycles. The van der Waals surface area contributed by atoms with Gasteiger partial charge in [-0.2, -0.15) is 0 Å². The fourth-order valence-electron chi connectivity index (χ4n) is 1.68. The van der Waals surface area contributed by atoms with Crippen LogP contribution < -0.4 is 4.74 Å². The first-order valence-electron chi connectivity index (χ1n) is 5.33. The lowest BCUT2D eigenvalue weighted by Gasteiger charge is -1.97. The van der Waals surface area contributed by atoms with Crippen LogP contribution in [0.15, 0.2) is 48.5 Å². The second-order valence-corrected chi connectivity index (χ2v) is 6.03. The molecule has 0 aliphatic rings. The van der Waals surface area contributed by atoms with E-state index in [0.29, 0.717) is 0 Å². The zero-order valence-corrected chi connectivity index (χ0v) is 11.0. The van der Waals surface area contributed by atoms with Crippen LogP contribution in [0.4, 0.5) is 0 Å². The second kappa shape index (κ2) is 4.43. The molecule has 0 fully saturated rings. The third-order valence-electron chi connectivity index (χ3n) is 2.58. The van der Waals surface area contributed by atoms with Gasteiger partial charge in [0.25, 0.3) is 4.19 Å². The first-order valence-corrected chi connectivity index (χ1v) is 6.96. The molecular formula is C14H11OS2+. The highest BCUT2D eigenvalue weighted by Crippen LogP contribution is 2.38. The Morgan fingerprint density at radius 1 is 1.00 bits per heavy atom. The molecule has 1 heterocycles. The number of ether oxygens (including phenoxy) is 1. The van der Waals surface area contributed by atoms with Crippen LogP contribution in [0.25, 0.3) is 19.2 Å². The molecule has 3 rings (SSSR count). The van der Waals surface area contributed by atoms with Gasteiger partial charge in [0.15, 0.2) is 9.40 Å². The van der Waals surface area contributed by atoms with Crippen LogP contribution in [0, 0.1) is 0 Å². The van der Waals surface area contributed by atoms with Gasteiger partial charge in [-0.05, 0) is 36.4 Å². The molecule has 1 nitrogen and oxygen atoms in total. The van der Waals surface area contributed by atoms with Crippen molar-refractivity contribution in [3.63, 3.8) is 0 Å². The summed E-state index contributed by atoms with van der Waals surface area (Å²) in [5.74, 6) is 0.903. The molecular weight excluding hydrogens is 248 g/mol. The quantitative estimate of drug-likeness (QED) is 0.594. The van der Waals surface area contributed by atoms with Crippen molar-refractivity contribution < 1.29 is 4.74 Å². The van der Waals surface area contributed by atoms with Gasteiger partial charge in [-0.1, -0.05) is 12.1 Å². The monoisotopic (exact) mass is 259 g/mol. The molecule has 84 valence electrons. The normalized spacial score (nSPS) is 10.6. The molecule has 0 amide bonds. The summed E-state index contributed by atoms with van der Waals surface area (Å²) in [4.78, 5) is 0. The summed E-state index contributed by atoms with van der Waals surface area (Å²) in [5.41, 5.74) is 1.26. The van der Waals surface area contributed by atoms with E-state index in [-0.39, 0.29) is 0 Å². The molecule has 0 saturated carbocycles.